The van der Waals surface area contributed by atoms with Crippen LogP contribution in [0.1, 0.15) is 20.8 Å². The van der Waals surface area contributed by atoms with Crippen LogP contribution in [-0.2, 0) is 0 Å². The van der Waals surface area contributed by atoms with Gasteiger partial charge in [0.05, 0.1) is 6.10 Å². The second-order valence-corrected chi connectivity index (χ2v) is 2.05. The molecule has 0 aliphatic carbocycles. The zero-order chi connectivity index (χ0) is 6.57. The molecule has 1 unspecified atom stereocenters. The first-order valence-electron chi connectivity index (χ1n) is 2.71. The highest BCUT2D eigenvalue weighted by molar-refractivity contribution is 4.95. The van der Waals surface area contributed by atoms with E-state index in [2.05, 4.69) is 5.73 Å². The van der Waals surface area contributed by atoms with Crippen molar-refractivity contribution in [3.63, 3.8) is 0 Å². The quantitative estimate of drug-likeness (QED) is 0.509. The van der Waals surface area contributed by atoms with E-state index in [0.717, 1.165) is 5.57 Å². The van der Waals surface area contributed by atoms with Gasteiger partial charge in [0, 0.05) is 0 Å². The van der Waals surface area contributed by atoms with Crippen molar-refractivity contribution in [1.82, 2.24) is 0 Å². The first-order chi connectivity index (χ1) is 3.63. The van der Waals surface area contributed by atoms with Crippen LogP contribution in [0.3, 0.4) is 0 Å². The van der Waals surface area contributed by atoms with Crippen LogP contribution in [0.5, 0.6) is 0 Å². The van der Waals surface area contributed by atoms with E-state index in [0.29, 0.717) is 0 Å². The van der Waals surface area contributed by atoms with Gasteiger partial charge in [-0.15, -0.1) is 5.73 Å². The average Bonchev–Trinajstić information content (AvgIpc) is 1.61. The Bertz CT molecular complexity index is 112. The van der Waals surface area contributed by atoms with Gasteiger partial charge in [-0.3, -0.25) is 0 Å². The lowest BCUT2D eigenvalue weighted by Crippen LogP contribution is -1.89. The molecule has 0 fully saturated rings. The molecule has 0 saturated carbocycles. The Morgan fingerprint density at radius 2 is 2.12 bits per heavy atom. The zero-order valence-electron chi connectivity index (χ0n) is 5.60. The minimum atomic E-state index is -0.370. The van der Waals surface area contributed by atoms with Gasteiger partial charge in [0.1, 0.15) is 0 Å². The van der Waals surface area contributed by atoms with E-state index in [4.69, 9.17) is 5.11 Å². The third-order valence-electron chi connectivity index (χ3n) is 0.613. The van der Waals surface area contributed by atoms with Crippen LogP contribution in [0.2, 0.25) is 0 Å². The van der Waals surface area contributed by atoms with Gasteiger partial charge < -0.3 is 5.11 Å². The molecule has 46 valence electrons. The molecule has 1 N–H and O–H groups in total. The Morgan fingerprint density at radius 3 is 2.25 bits per heavy atom. The largest absolute Gasteiger partial charge is 0.389 e. The number of rotatable bonds is 1. The first kappa shape index (κ1) is 7.48. The number of hydrogen-bond donors (Lipinski definition) is 1. The lowest BCUT2D eigenvalue weighted by atomic mass is 10.3. The van der Waals surface area contributed by atoms with Crippen LogP contribution in [0.15, 0.2) is 17.4 Å². The van der Waals surface area contributed by atoms with Crippen molar-refractivity contribution in [1.29, 1.82) is 0 Å². The number of aliphatic hydroxyl groups is 1. The minimum Gasteiger partial charge on any atom is -0.389 e. The van der Waals surface area contributed by atoms with Gasteiger partial charge in [-0.25, -0.2) is 0 Å². The predicted octanol–water partition coefficient (Wildman–Crippen LogP) is 1.49. The number of aliphatic hydroxyl groups excluding tert-OH is 1. The third-order valence-corrected chi connectivity index (χ3v) is 0.613. The summed E-state index contributed by atoms with van der Waals surface area (Å²) in [6.07, 6.45) is 1.26. The molecule has 1 nitrogen and oxygen atoms in total. The molecule has 0 radical (unpaired) electrons. The summed E-state index contributed by atoms with van der Waals surface area (Å²) in [7, 11) is 0. The maximum Gasteiger partial charge on any atom is 0.0766 e. The van der Waals surface area contributed by atoms with Crippen LogP contribution < -0.4 is 0 Å². The van der Waals surface area contributed by atoms with Crippen molar-refractivity contribution in [3.8, 4) is 0 Å². The summed E-state index contributed by atoms with van der Waals surface area (Å²) < 4.78 is 0. The van der Waals surface area contributed by atoms with Crippen molar-refractivity contribution in [2.24, 2.45) is 0 Å². The molecular formula is C7H12O. The molecular weight excluding hydrogens is 100 g/mol. The van der Waals surface area contributed by atoms with Crippen LogP contribution in [-0.4, -0.2) is 11.2 Å². The van der Waals surface area contributed by atoms with Crippen molar-refractivity contribution in [3.05, 3.63) is 17.4 Å². The van der Waals surface area contributed by atoms with Gasteiger partial charge in [-0.05, 0) is 32.4 Å². The van der Waals surface area contributed by atoms with Gasteiger partial charge >= 0.3 is 0 Å². The maximum atomic E-state index is 8.67. The summed E-state index contributed by atoms with van der Waals surface area (Å²) in [4.78, 5) is 0. The molecule has 0 rings (SSSR count). The molecule has 0 amide bonds. The molecule has 0 aliphatic heterocycles. The van der Waals surface area contributed by atoms with E-state index < -0.39 is 0 Å². The molecule has 0 spiro atoms. The molecule has 0 aromatic rings. The highest BCUT2D eigenvalue weighted by Crippen LogP contribution is 1.85. The van der Waals surface area contributed by atoms with Gasteiger partial charge in [0.15, 0.2) is 0 Å². The molecule has 1 heteroatoms. The SMILES string of the molecule is CC(C)=C=CC(C)O. The van der Waals surface area contributed by atoms with Crippen LogP contribution >= 0.6 is 0 Å². The van der Waals surface area contributed by atoms with E-state index >= 15 is 0 Å². The molecule has 0 heterocycles. The second-order valence-electron chi connectivity index (χ2n) is 2.05. The summed E-state index contributed by atoms with van der Waals surface area (Å²) in [6.45, 7) is 5.59. The van der Waals surface area contributed by atoms with E-state index in [9.17, 15) is 0 Å². The highest BCUT2D eigenvalue weighted by atomic mass is 16.3. The Hall–Kier alpha value is -0.520. The summed E-state index contributed by atoms with van der Waals surface area (Å²) >= 11 is 0. The summed E-state index contributed by atoms with van der Waals surface area (Å²) in [6, 6.07) is 0. The predicted molar refractivity (Wildman–Crippen MR) is 34.6 cm³/mol. The molecule has 0 saturated heterocycles. The topological polar surface area (TPSA) is 20.2 Å². The van der Waals surface area contributed by atoms with E-state index in [1.54, 1.807) is 13.0 Å². The van der Waals surface area contributed by atoms with Crippen LogP contribution in [0, 0.1) is 0 Å². The number of hydrogen-bond acceptors (Lipinski definition) is 1. The van der Waals surface area contributed by atoms with Gasteiger partial charge in [0.25, 0.3) is 0 Å². The standard InChI is InChI=1S/C7H12O/c1-6(2)4-5-7(3)8/h5,7-8H,1-3H3. The molecule has 0 aromatic heterocycles. The smallest absolute Gasteiger partial charge is 0.0766 e. The molecule has 8 heavy (non-hydrogen) atoms. The molecule has 0 aromatic carbocycles. The second kappa shape index (κ2) is 3.48. The van der Waals surface area contributed by atoms with E-state index in [-0.39, 0.29) is 6.10 Å². The van der Waals surface area contributed by atoms with Crippen LogP contribution in [0.25, 0.3) is 0 Å². The Balaban J connectivity index is 3.82. The maximum absolute atomic E-state index is 8.67. The fourth-order valence-electron chi connectivity index (χ4n) is 0.287. The van der Waals surface area contributed by atoms with Gasteiger partial charge in [-0.1, -0.05) is 0 Å². The Morgan fingerprint density at radius 1 is 1.62 bits per heavy atom. The Kier molecular flexibility index (Phi) is 3.25. The lowest BCUT2D eigenvalue weighted by molar-refractivity contribution is 0.244. The average molecular weight is 112 g/mol. The Labute approximate surface area is 50.3 Å². The summed E-state index contributed by atoms with van der Waals surface area (Å²) in [5.74, 6) is 0. The van der Waals surface area contributed by atoms with Gasteiger partial charge in [-0.2, -0.15) is 0 Å². The minimum absolute atomic E-state index is 0.370. The normalized spacial score (nSPS) is 12.0. The van der Waals surface area contributed by atoms with Crippen molar-refractivity contribution >= 4 is 0 Å². The monoisotopic (exact) mass is 112 g/mol. The van der Waals surface area contributed by atoms with Crippen molar-refractivity contribution in [2.45, 2.75) is 26.9 Å². The fraction of sp³-hybridized carbons (Fsp3) is 0.571. The third kappa shape index (κ3) is 5.48. The lowest BCUT2D eigenvalue weighted by Gasteiger charge is -1.87. The fourth-order valence-corrected chi connectivity index (χ4v) is 0.287. The van der Waals surface area contributed by atoms with E-state index in [1.807, 2.05) is 13.8 Å². The molecule has 0 bridgehead atoms. The first-order valence-corrected chi connectivity index (χ1v) is 2.71. The van der Waals surface area contributed by atoms with Crippen molar-refractivity contribution in [2.75, 3.05) is 0 Å². The van der Waals surface area contributed by atoms with Crippen molar-refractivity contribution < 1.29 is 5.11 Å². The summed E-state index contributed by atoms with van der Waals surface area (Å²) in [5.41, 5.74) is 3.98. The zero-order valence-corrected chi connectivity index (χ0v) is 5.60. The van der Waals surface area contributed by atoms with Gasteiger partial charge in [0.2, 0.25) is 0 Å². The van der Waals surface area contributed by atoms with E-state index in [1.165, 1.54) is 0 Å². The van der Waals surface area contributed by atoms with Crippen LogP contribution in [0.4, 0.5) is 0 Å². The highest BCUT2D eigenvalue weighted by Gasteiger charge is 1.80. The molecule has 0 aliphatic rings. The molecule has 1 atom stereocenters. The summed E-state index contributed by atoms with van der Waals surface area (Å²) in [5, 5.41) is 8.67.